The molecule has 0 amide bonds. The van der Waals surface area contributed by atoms with Crippen LogP contribution in [0.4, 0.5) is 0 Å². The van der Waals surface area contributed by atoms with Gasteiger partial charge in [-0.25, -0.2) is 23.3 Å². The second-order valence-corrected chi connectivity index (χ2v) is 4.47. The maximum atomic E-state index is 3.24. The van der Waals surface area contributed by atoms with Crippen LogP contribution >= 0.6 is 0 Å². The van der Waals surface area contributed by atoms with E-state index in [1.165, 1.54) is 24.0 Å². The molecule has 0 aromatic carbocycles. The van der Waals surface area contributed by atoms with Crippen molar-refractivity contribution in [1.29, 1.82) is 0 Å². The van der Waals surface area contributed by atoms with Crippen molar-refractivity contribution < 1.29 is 26.2 Å². The van der Waals surface area contributed by atoms with Gasteiger partial charge in [-0.05, 0) is 0 Å². The maximum absolute atomic E-state index is 3.24. The van der Waals surface area contributed by atoms with Gasteiger partial charge in [0, 0.05) is 0 Å². The summed E-state index contributed by atoms with van der Waals surface area (Å²) in [6, 6.07) is 0. The molecule has 0 saturated carbocycles. The Labute approximate surface area is 126 Å². The summed E-state index contributed by atoms with van der Waals surface area (Å²) in [4.78, 5) is 0. The predicted octanol–water partition coefficient (Wildman–Crippen LogP) is 4.66. The molecule has 0 bridgehead atoms. The van der Waals surface area contributed by atoms with E-state index in [0.29, 0.717) is 11.8 Å². The Morgan fingerprint density at radius 1 is 0.882 bits per heavy atom. The van der Waals surface area contributed by atoms with Crippen LogP contribution in [0.5, 0.6) is 0 Å². The van der Waals surface area contributed by atoms with E-state index in [-0.39, 0.29) is 26.2 Å². The zero-order valence-corrected chi connectivity index (χ0v) is 13.8. The Kier molecular flexibility index (Phi) is 8.78. The zero-order chi connectivity index (χ0) is 12.0. The SMILES string of the molecule is CCC1[C-]=CC(C)=C1.CCC1[C-]=CC(C)=C1.[Zr+2]. The van der Waals surface area contributed by atoms with Crippen LogP contribution < -0.4 is 0 Å². The minimum absolute atomic E-state index is 0. The van der Waals surface area contributed by atoms with Crippen LogP contribution in [0.3, 0.4) is 0 Å². The van der Waals surface area contributed by atoms with Crippen LogP contribution in [0, 0.1) is 24.0 Å². The summed E-state index contributed by atoms with van der Waals surface area (Å²) < 4.78 is 0. The van der Waals surface area contributed by atoms with E-state index in [1.54, 1.807) is 0 Å². The van der Waals surface area contributed by atoms with E-state index in [0.717, 1.165) is 0 Å². The monoisotopic (exact) mass is 304 g/mol. The smallest absolute Gasteiger partial charge is 0.269 e. The third-order valence-corrected chi connectivity index (χ3v) is 2.86. The maximum Gasteiger partial charge on any atom is 2.00 e. The second-order valence-electron chi connectivity index (χ2n) is 4.47. The number of hydrogen-bond acceptors (Lipinski definition) is 0. The molecule has 0 nitrogen and oxygen atoms in total. The largest absolute Gasteiger partial charge is 2.00 e. The van der Waals surface area contributed by atoms with Crippen LogP contribution in [0.2, 0.25) is 0 Å². The van der Waals surface area contributed by atoms with Crippen LogP contribution in [0.1, 0.15) is 40.5 Å². The number of rotatable bonds is 2. The van der Waals surface area contributed by atoms with E-state index >= 15 is 0 Å². The Hall–Kier alpha value is -0.157. The zero-order valence-electron chi connectivity index (χ0n) is 11.4. The average Bonchev–Trinajstić information content (AvgIpc) is 2.88. The second kappa shape index (κ2) is 8.86. The molecular formula is C16H22Zr. The van der Waals surface area contributed by atoms with Crippen molar-refractivity contribution in [2.24, 2.45) is 11.8 Å². The molecule has 0 aromatic heterocycles. The first-order valence-electron chi connectivity index (χ1n) is 6.21. The summed E-state index contributed by atoms with van der Waals surface area (Å²) in [5, 5.41) is 0. The fourth-order valence-electron chi connectivity index (χ4n) is 1.78. The van der Waals surface area contributed by atoms with Crippen LogP contribution in [0.25, 0.3) is 0 Å². The van der Waals surface area contributed by atoms with Crippen molar-refractivity contribution in [3.8, 4) is 0 Å². The molecule has 2 aliphatic carbocycles. The van der Waals surface area contributed by atoms with Gasteiger partial charge in [-0.15, -0.1) is 13.8 Å². The number of allylic oxidation sites excluding steroid dienone is 8. The Morgan fingerprint density at radius 3 is 1.35 bits per heavy atom. The Balaban J connectivity index is 0.000000284. The summed E-state index contributed by atoms with van der Waals surface area (Å²) in [7, 11) is 0. The summed E-state index contributed by atoms with van der Waals surface area (Å²) in [6.07, 6.45) is 17.5. The quantitative estimate of drug-likeness (QED) is 0.651. The molecule has 1 heteroatoms. The van der Waals surface area contributed by atoms with Gasteiger partial charge in [0.05, 0.1) is 0 Å². The predicted molar refractivity (Wildman–Crippen MR) is 70.7 cm³/mol. The molecule has 0 aliphatic heterocycles. The third-order valence-electron chi connectivity index (χ3n) is 2.86. The van der Waals surface area contributed by atoms with Gasteiger partial charge in [-0.3, -0.25) is 12.2 Å². The van der Waals surface area contributed by atoms with Gasteiger partial charge < -0.3 is 0 Å². The van der Waals surface area contributed by atoms with E-state index in [4.69, 9.17) is 0 Å². The Morgan fingerprint density at radius 2 is 1.24 bits per heavy atom. The van der Waals surface area contributed by atoms with Gasteiger partial charge in [-0.1, -0.05) is 38.5 Å². The van der Waals surface area contributed by atoms with Crippen molar-refractivity contribution in [1.82, 2.24) is 0 Å². The summed E-state index contributed by atoms with van der Waals surface area (Å²) >= 11 is 0. The number of hydrogen-bond donors (Lipinski definition) is 0. The molecule has 0 fully saturated rings. The minimum atomic E-state index is 0. The van der Waals surface area contributed by atoms with E-state index < -0.39 is 0 Å². The molecule has 0 aromatic rings. The normalized spacial score (nSPS) is 24.7. The summed E-state index contributed by atoms with van der Waals surface area (Å²) in [5.74, 6) is 1.21. The molecule has 0 heterocycles. The van der Waals surface area contributed by atoms with Crippen molar-refractivity contribution >= 4 is 0 Å². The van der Waals surface area contributed by atoms with Gasteiger partial charge in [0.25, 0.3) is 0 Å². The van der Waals surface area contributed by atoms with E-state index in [1.807, 2.05) is 0 Å². The van der Waals surface area contributed by atoms with Crippen LogP contribution in [-0.2, 0) is 26.2 Å². The molecule has 2 atom stereocenters. The fourth-order valence-corrected chi connectivity index (χ4v) is 1.78. The first-order chi connectivity index (χ1) is 7.65. The summed E-state index contributed by atoms with van der Waals surface area (Å²) in [5.41, 5.74) is 2.72. The molecule has 90 valence electrons. The van der Waals surface area contributed by atoms with Gasteiger partial charge in [-0.2, -0.15) is 12.2 Å². The molecule has 0 radical (unpaired) electrons. The van der Waals surface area contributed by atoms with Gasteiger partial charge in [0.15, 0.2) is 0 Å². The third kappa shape index (κ3) is 6.36. The molecule has 17 heavy (non-hydrogen) atoms. The van der Waals surface area contributed by atoms with Gasteiger partial charge in [0.2, 0.25) is 0 Å². The van der Waals surface area contributed by atoms with Crippen LogP contribution in [0.15, 0.2) is 35.5 Å². The molecule has 2 aliphatic rings. The first-order valence-corrected chi connectivity index (χ1v) is 6.21. The molecule has 0 saturated heterocycles. The van der Waals surface area contributed by atoms with E-state index in [2.05, 4.69) is 64.2 Å². The van der Waals surface area contributed by atoms with Crippen molar-refractivity contribution in [2.45, 2.75) is 40.5 Å². The summed E-state index contributed by atoms with van der Waals surface area (Å²) in [6.45, 7) is 8.59. The van der Waals surface area contributed by atoms with Gasteiger partial charge in [0.1, 0.15) is 0 Å². The van der Waals surface area contributed by atoms with Crippen LogP contribution in [-0.4, -0.2) is 0 Å². The fraction of sp³-hybridized carbons (Fsp3) is 0.500. The first kappa shape index (κ1) is 16.8. The van der Waals surface area contributed by atoms with Crippen molar-refractivity contribution in [3.63, 3.8) is 0 Å². The molecule has 2 unspecified atom stereocenters. The average molecular weight is 306 g/mol. The van der Waals surface area contributed by atoms with E-state index in [9.17, 15) is 0 Å². The van der Waals surface area contributed by atoms with Crippen molar-refractivity contribution in [2.75, 3.05) is 0 Å². The molecule has 2 rings (SSSR count). The Bertz CT molecular complexity index is 297. The van der Waals surface area contributed by atoms with Crippen molar-refractivity contribution in [3.05, 3.63) is 47.6 Å². The molecule has 0 N–H and O–H groups in total. The molecule has 0 spiro atoms. The minimum Gasteiger partial charge on any atom is -0.269 e. The molecular weight excluding hydrogens is 283 g/mol. The van der Waals surface area contributed by atoms with Gasteiger partial charge >= 0.3 is 26.2 Å². The topological polar surface area (TPSA) is 0 Å². The standard InChI is InChI=1S/2C8H11.Zr/c2*1-3-8-5-4-7(2)6-8;/h2*4,6,8H,3H2,1-2H3;/q2*-1;+2.